The Hall–Kier alpha value is -3.34. The quantitative estimate of drug-likeness (QED) is 0.658. The molecule has 2 aromatic carbocycles. The summed E-state index contributed by atoms with van der Waals surface area (Å²) in [5.74, 6) is 0. The molecule has 0 aliphatic carbocycles. The Morgan fingerprint density at radius 2 is 1.54 bits per heavy atom. The predicted octanol–water partition coefficient (Wildman–Crippen LogP) is 4.62. The van der Waals surface area contributed by atoms with Crippen LogP contribution in [0.1, 0.15) is 5.56 Å². The average Bonchev–Trinajstić information content (AvgIpc) is 2.97. The third-order valence-corrected chi connectivity index (χ3v) is 3.80. The lowest BCUT2D eigenvalue weighted by atomic mass is 10.1. The van der Waals surface area contributed by atoms with Gasteiger partial charge in [0.15, 0.2) is 0 Å². The number of nitrogens with zero attached hydrogens (tertiary/aromatic N) is 4. The van der Waals surface area contributed by atoms with E-state index in [9.17, 15) is 0 Å². The topological polar surface area (TPSA) is 65.4 Å². The first kappa shape index (κ1) is 15.6. The van der Waals surface area contributed by atoms with Crippen molar-refractivity contribution >= 4 is 17.7 Å². The minimum absolute atomic E-state index is 0.0262. The van der Waals surface area contributed by atoms with Gasteiger partial charge in [-0.15, -0.1) is 0 Å². The van der Waals surface area contributed by atoms with E-state index >= 15 is 0 Å². The van der Waals surface area contributed by atoms with Gasteiger partial charge in [0.1, 0.15) is 28.6 Å². The Balaban J connectivity index is 2.27. The summed E-state index contributed by atoms with van der Waals surface area (Å²) in [6.45, 7) is 0. The van der Waals surface area contributed by atoms with Gasteiger partial charge < -0.3 is 0 Å². The summed E-state index contributed by atoms with van der Waals surface area (Å²) in [5, 5.41) is 23.0. The Morgan fingerprint density at radius 1 is 0.958 bits per heavy atom. The van der Waals surface area contributed by atoms with E-state index in [1.54, 1.807) is 4.68 Å². The Morgan fingerprint density at radius 3 is 2.12 bits per heavy atom. The van der Waals surface area contributed by atoms with Gasteiger partial charge in [-0.2, -0.15) is 15.6 Å². The van der Waals surface area contributed by atoms with Crippen molar-refractivity contribution in [3.8, 4) is 29.1 Å². The van der Waals surface area contributed by atoms with Gasteiger partial charge in [0.25, 0.3) is 0 Å². The second-order valence-electron chi connectivity index (χ2n) is 4.95. The molecule has 0 bridgehead atoms. The van der Waals surface area contributed by atoms with E-state index in [0.29, 0.717) is 16.4 Å². The van der Waals surface area contributed by atoms with Crippen LogP contribution in [0.3, 0.4) is 0 Å². The maximum atomic E-state index is 9.05. The smallest absolute Gasteiger partial charge is 0.140 e. The molecule has 0 spiro atoms. The fourth-order valence-electron chi connectivity index (χ4n) is 2.32. The zero-order chi connectivity index (χ0) is 16.9. The van der Waals surface area contributed by atoms with Crippen LogP contribution in [0.25, 0.3) is 23.0 Å². The summed E-state index contributed by atoms with van der Waals surface area (Å²) in [5.41, 5.74) is 2.80. The van der Waals surface area contributed by atoms with E-state index in [1.807, 2.05) is 72.8 Å². The lowest BCUT2D eigenvalue weighted by Gasteiger charge is -2.01. The number of rotatable bonds is 3. The number of para-hydroxylation sites is 1. The number of aromatic nitrogens is 2. The van der Waals surface area contributed by atoms with E-state index in [-0.39, 0.29) is 5.57 Å². The molecule has 3 rings (SSSR count). The summed E-state index contributed by atoms with van der Waals surface area (Å²) < 4.78 is 1.60. The van der Waals surface area contributed by atoms with Gasteiger partial charge in [0.2, 0.25) is 0 Å². The first-order valence-corrected chi connectivity index (χ1v) is 7.53. The molecule has 1 heterocycles. The Kier molecular flexibility index (Phi) is 4.43. The highest BCUT2D eigenvalue weighted by molar-refractivity contribution is 6.31. The number of hydrogen-bond acceptors (Lipinski definition) is 3. The van der Waals surface area contributed by atoms with Gasteiger partial charge in [0, 0.05) is 11.1 Å². The molecule has 0 atom stereocenters. The maximum absolute atomic E-state index is 9.05. The van der Waals surface area contributed by atoms with Crippen molar-refractivity contribution in [3.63, 3.8) is 0 Å². The van der Waals surface area contributed by atoms with Gasteiger partial charge in [-0.3, -0.25) is 0 Å². The molecule has 114 valence electrons. The second kappa shape index (κ2) is 6.83. The third kappa shape index (κ3) is 2.92. The van der Waals surface area contributed by atoms with Crippen LogP contribution < -0.4 is 0 Å². The van der Waals surface area contributed by atoms with Crippen LogP contribution >= 0.6 is 11.6 Å². The van der Waals surface area contributed by atoms with Crippen molar-refractivity contribution in [1.29, 1.82) is 10.5 Å². The molecule has 3 aromatic rings. The molecule has 0 aliphatic rings. The summed E-state index contributed by atoms with van der Waals surface area (Å²) in [6, 6.07) is 22.7. The largest absolute Gasteiger partial charge is 0.221 e. The highest BCUT2D eigenvalue weighted by atomic mass is 35.5. The number of halogens is 1. The van der Waals surface area contributed by atoms with Crippen molar-refractivity contribution in [2.75, 3.05) is 0 Å². The molecular weight excluding hydrogens is 320 g/mol. The molecule has 0 saturated heterocycles. The molecule has 0 radical (unpaired) electrons. The monoisotopic (exact) mass is 330 g/mol. The Bertz CT molecular complexity index is 958. The van der Waals surface area contributed by atoms with E-state index in [0.717, 1.165) is 11.3 Å². The summed E-state index contributed by atoms with van der Waals surface area (Å²) in [6.07, 6.45) is 1.47. The highest BCUT2D eigenvalue weighted by Gasteiger charge is 2.18. The molecule has 0 saturated carbocycles. The zero-order valence-corrected chi connectivity index (χ0v) is 13.3. The van der Waals surface area contributed by atoms with Crippen LogP contribution in [0.15, 0.2) is 66.2 Å². The standard InChI is InChI=1S/C19H11ClN4/c20-19-17(11-14(12-21)13-22)18(15-7-3-1-4-8-15)23-24(19)16-9-5-2-6-10-16/h1-11H. The molecule has 0 fully saturated rings. The number of nitriles is 2. The molecule has 4 nitrogen and oxygen atoms in total. The van der Waals surface area contributed by atoms with Gasteiger partial charge in [-0.05, 0) is 18.2 Å². The molecule has 24 heavy (non-hydrogen) atoms. The molecule has 0 aliphatic heterocycles. The summed E-state index contributed by atoms with van der Waals surface area (Å²) in [7, 11) is 0. The second-order valence-corrected chi connectivity index (χ2v) is 5.31. The average molecular weight is 331 g/mol. The van der Waals surface area contributed by atoms with Crippen molar-refractivity contribution in [3.05, 3.63) is 77.0 Å². The van der Waals surface area contributed by atoms with E-state index < -0.39 is 0 Å². The molecular formula is C19H11ClN4. The van der Waals surface area contributed by atoms with Crippen LogP contribution in [-0.4, -0.2) is 9.78 Å². The lowest BCUT2D eigenvalue weighted by Crippen LogP contribution is -1.96. The minimum Gasteiger partial charge on any atom is -0.221 e. The first-order chi connectivity index (χ1) is 11.7. The highest BCUT2D eigenvalue weighted by Crippen LogP contribution is 2.32. The molecule has 0 amide bonds. The fourth-order valence-corrected chi connectivity index (χ4v) is 2.60. The number of benzene rings is 2. The van der Waals surface area contributed by atoms with E-state index in [1.165, 1.54) is 6.08 Å². The van der Waals surface area contributed by atoms with Crippen molar-refractivity contribution < 1.29 is 0 Å². The summed E-state index contributed by atoms with van der Waals surface area (Å²) >= 11 is 6.51. The third-order valence-electron chi connectivity index (χ3n) is 3.44. The van der Waals surface area contributed by atoms with Crippen LogP contribution in [-0.2, 0) is 0 Å². The van der Waals surface area contributed by atoms with E-state index in [2.05, 4.69) is 5.10 Å². The van der Waals surface area contributed by atoms with Crippen molar-refractivity contribution in [2.24, 2.45) is 0 Å². The van der Waals surface area contributed by atoms with Gasteiger partial charge in [0.05, 0.1) is 5.69 Å². The van der Waals surface area contributed by atoms with Gasteiger partial charge >= 0.3 is 0 Å². The first-order valence-electron chi connectivity index (χ1n) is 7.16. The van der Waals surface area contributed by atoms with Crippen molar-refractivity contribution in [1.82, 2.24) is 9.78 Å². The molecule has 5 heteroatoms. The summed E-state index contributed by atoms with van der Waals surface area (Å²) in [4.78, 5) is 0. The number of hydrogen-bond donors (Lipinski definition) is 0. The normalized spacial score (nSPS) is 9.79. The van der Waals surface area contributed by atoms with Gasteiger partial charge in [-0.25, -0.2) is 4.68 Å². The maximum Gasteiger partial charge on any atom is 0.140 e. The fraction of sp³-hybridized carbons (Fsp3) is 0. The minimum atomic E-state index is -0.0262. The number of allylic oxidation sites excluding steroid dienone is 1. The van der Waals surface area contributed by atoms with Crippen molar-refractivity contribution in [2.45, 2.75) is 0 Å². The van der Waals surface area contributed by atoms with Crippen LogP contribution in [0, 0.1) is 22.7 Å². The zero-order valence-electron chi connectivity index (χ0n) is 12.5. The predicted molar refractivity (Wildman–Crippen MR) is 93.2 cm³/mol. The Labute approximate surface area is 144 Å². The van der Waals surface area contributed by atoms with Crippen LogP contribution in [0.4, 0.5) is 0 Å². The van der Waals surface area contributed by atoms with Crippen LogP contribution in [0.5, 0.6) is 0 Å². The molecule has 0 N–H and O–H groups in total. The SMILES string of the molecule is N#CC(C#N)=Cc1c(-c2ccccc2)nn(-c2ccccc2)c1Cl. The van der Waals surface area contributed by atoms with E-state index in [4.69, 9.17) is 22.1 Å². The molecule has 1 aromatic heterocycles. The molecule has 0 unspecified atom stereocenters. The van der Waals surface area contributed by atoms with Crippen LogP contribution in [0.2, 0.25) is 5.15 Å². The lowest BCUT2D eigenvalue weighted by molar-refractivity contribution is 0.885. The van der Waals surface area contributed by atoms with Gasteiger partial charge in [-0.1, -0.05) is 60.1 Å².